The fourth-order valence-electron chi connectivity index (χ4n) is 2.47. The first-order valence-electron chi connectivity index (χ1n) is 7.55. The first-order valence-corrected chi connectivity index (χ1v) is 9.91. The van der Waals surface area contributed by atoms with Crippen molar-refractivity contribution in [2.75, 3.05) is 26.2 Å². The molecule has 1 aliphatic heterocycles. The molecule has 1 aliphatic rings. The maximum Gasteiger partial charge on any atom is 0.250 e. The van der Waals surface area contributed by atoms with Gasteiger partial charge in [-0.25, -0.2) is 13.1 Å². The monoisotopic (exact) mass is 331 g/mol. The van der Waals surface area contributed by atoms with Crippen molar-refractivity contribution in [1.29, 1.82) is 0 Å². The Morgan fingerprint density at radius 2 is 2.10 bits per heavy atom. The molecule has 1 saturated heterocycles. The van der Waals surface area contributed by atoms with Crippen molar-refractivity contribution in [1.82, 2.24) is 14.9 Å². The summed E-state index contributed by atoms with van der Waals surface area (Å²) in [6, 6.07) is 2.01. The van der Waals surface area contributed by atoms with Crippen LogP contribution in [0.4, 0.5) is 0 Å². The van der Waals surface area contributed by atoms with Crippen molar-refractivity contribution >= 4 is 21.4 Å². The first-order chi connectivity index (χ1) is 10.0. The van der Waals surface area contributed by atoms with Crippen LogP contribution in [-0.2, 0) is 16.6 Å². The number of rotatable bonds is 8. The second-order valence-electron chi connectivity index (χ2n) is 5.50. The van der Waals surface area contributed by atoms with Gasteiger partial charge in [0.25, 0.3) is 0 Å². The molecule has 0 aliphatic carbocycles. The number of thiophene rings is 1. The molecule has 2 heterocycles. The number of nitrogens with zero attached hydrogens (tertiary/aromatic N) is 1. The van der Waals surface area contributed by atoms with E-state index in [9.17, 15) is 8.42 Å². The number of nitrogens with one attached hydrogen (secondary N) is 2. The number of hydrogen-bond acceptors (Lipinski definition) is 5. The zero-order valence-corrected chi connectivity index (χ0v) is 14.4. The van der Waals surface area contributed by atoms with Gasteiger partial charge in [-0.2, -0.15) is 0 Å². The molecule has 2 N–H and O–H groups in total. The highest BCUT2D eigenvalue weighted by Gasteiger charge is 2.22. The summed E-state index contributed by atoms with van der Waals surface area (Å²) in [6.45, 7) is 8.34. The zero-order chi connectivity index (χ0) is 15.3. The van der Waals surface area contributed by atoms with Crippen molar-refractivity contribution in [2.45, 2.75) is 43.5 Å². The lowest BCUT2D eigenvalue weighted by Crippen LogP contribution is -2.40. The van der Waals surface area contributed by atoms with E-state index in [0.29, 0.717) is 17.3 Å². The molecule has 0 radical (unpaired) electrons. The molecule has 1 aromatic heterocycles. The average Bonchev–Trinajstić information content (AvgIpc) is 3.13. The van der Waals surface area contributed by atoms with E-state index in [2.05, 4.69) is 21.9 Å². The molecule has 1 atom stereocenters. The van der Waals surface area contributed by atoms with E-state index < -0.39 is 10.0 Å². The van der Waals surface area contributed by atoms with Gasteiger partial charge in [-0.05, 0) is 56.4 Å². The van der Waals surface area contributed by atoms with Crippen LogP contribution in [0.3, 0.4) is 0 Å². The normalized spacial score (nSPS) is 18.2. The van der Waals surface area contributed by atoms with Crippen molar-refractivity contribution in [3.05, 3.63) is 17.0 Å². The van der Waals surface area contributed by atoms with Crippen molar-refractivity contribution in [3.63, 3.8) is 0 Å². The Balaban J connectivity index is 1.90. The van der Waals surface area contributed by atoms with Crippen LogP contribution in [-0.4, -0.2) is 45.5 Å². The topological polar surface area (TPSA) is 61.4 Å². The summed E-state index contributed by atoms with van der Waals surface area (Å²) in [5.41, 5.74) is 1.02. The first kappa shape index (κ1) is 16.9. The molecule has 7 heteroatoms. The highest BCUT2D eigenvalue weighted by atomic mass is 32.2. The van der Waals surface area contributed by atoms with Crippen molar-refractivity contribution in [3.8, 4) is 0 Å². The second-order valence-corrected chi connectivity index (χ2v) is 8.40. The molecule has 0 bridgehead atoms. The molecule has 0 amide bonds. The third-order valence-electron chi connectivity index (χ3n) is 3.81. The average molecular weight is 332 g/mol. The quantitative estimate of drug-likeness (QED) is 0.760. The van der Waals surface area contributed by atoms with Crippen LogP contribution in [0.25, 0.3) is 0 Å². The van der Waals surface area contributed by atoms with Crippen molar-refractivity contribution < 1.29 is 8.42 Å². The number of likely N-dealkylation sites (tertiary alicyclic amines) is 1. The summed E-state index contributed by atoms with van der Waals surface area (Å²) in [7, 11) is -3.38. The Morgan fingerprint density at radius 1 is 1.38 bits per heavy atom. The van der Waals surface area contributed by atoms with Gasteiger partial charge in [0.05, 0.1) is 0 Å². The van der Waals surface area contributed by atoms with E-state index in [1.807, 2.05) is 12.3 Å². The van der Waals surface area contributed by atoms with E-state index >= 15 is 0 Å². The summed E-state index contributed by atoms with van der Waals surface area (Å²) in [6.07, 6.45) is 2.44. The molecular formula is C14H25N3O2S2. The molecule has 1 fully saturated rings. The Morgan fingerprint density at radius 3 is 2.76 bits per heavy atom. The van der Waals surface area contributed by atoms with Gasteiger partial charge in [0.2, 0.25) is 10.0 Å². The molecule has 5 nitrogen and oxygen atoms in total. The van der Waals surface area contributed by atoms with Crippen LogP contribution in [0, 0.1) is 0 Å². The summed E-state index contributed by atoms with van der Waals surface area (Å²) < 4.78 is 27.7. The van der Waals surface area contributed by atoms with Crippen LogP contribution in [0.1, 0.15) is 32.3 Å². The third kappa shape index (κ3) is 4.75. The van der Waals surface area contributed by atoms with E-state index in [1.165, 1.54) is 24.2 Å². The van der Waals surface area contributed by atoms with Gasteiger partial charge in [0, 0.05) is 19.1 Å². The lowest BCUT2D eigenvalue weighted by atomic mass is 10.3. The van der Waals surface area contributed by atoms with Gasteiger partial charge in [-0.15, -0.1) is 11.3 Å². The molecule has 1 unspecified atom stereocenters. The van der Waals surface area contributed by atoms with Crippen LogP contribution < -0.4 is 10.0 Å². The summed E-state index contributed by atoms with van der Waals surface area (Å²) in [5.74, 6) is 0. The standard InChI is InChI=1S/C14H25N3O2S2/c1-3-15-10-13-8-14(20-11-13)21(18,19)16-9-12(2)17-6-4-5-7-17/h8,11-12,15-16H,3-7,9-10H2,1-2H3. The Labute approximate surface area is 131 Å². The molecule has 0 spiro atoms. The van der Waals surface area contributed by atoms with Gasteiger partial charge in [0.15, 0.2) is 0 Å². The Kier molecular flexibility index (Phi) is 6.19. The van der Waals surface area contributed by atoms with Gasteiger partial charge < -0.3 is 5.32 Å². The SMILES string of the molecule is CCNCc1csc(S(=O)(=O)NCC(C)N2CCCC2)c1. The predicted molar refractivity (Wildman–Crippen MR) is 87.2 cm³/mol. The van der Waals surface area contributed by atoms with Gasteiger partial charge in [-0.1, -0.05) is 6.92 Å². The fourth-order valence-corrected chi connectivity index (χ4v) is 4.84. The Bertz CT molecular complexity index is 536. The highest BCUT2D eigenvalue weighted by Crippen LogP contribution is 2.20. The molecular weight excluding hydrogens is 306 g/mol. The number of hydrogen-bond donors (Lipinski definition) is 2. The second kappa shape index (κ2) is 7.69. The van der Waals surface area contributed by atoms with E-state index in [0.717, 1.165) is 25.2 Å². The smallest absolute Gasteiger partial charge is 0.250 e. The van der Waals surface area contributed by atoms with E-state index in [1.54, 1.807) is 6.07 Å². The van der Waals surface area contributed by atoms with Crippen LogP contribution in [0.5, 0.6) is 0 Å². The molecule has 1 aromatic rings. The molecule has 2 rings (SSSR count). The molecule has 0 saturated carbocycles. The maximum atomic E-state index is 12.3. The largest absolute Gasteiger partial charge is 0.313 e. The van der Waals surface area contributed by atoms with Gasteiger partial charge in [-0.3, -0.25) is 4.90 Å². The van der Waals surface area contributed by atoms with Crippen LogP contribution in [0.15, 0.2) is 15.7 Å². The summed E-state index contributed by atoms with van der Waals surface area (Å²) in [4.78, 5) is 2.34. The van der Waals surface area contributed by atoms with Gasteiger partial charge in [0.1, 0.15) is 4.21 Å². The van der Waals surface area contributed by atoms with Crippen molar-refractivity contribution in [2.24, 2.45) is 0 Å². The minimum absolute atomic E-state index is 0.253. The summed E-state index contributed by atoms with van der Waals surface area (Å²) in [5, 5.41) is 5.11. The molecule has 21 heavy (non-hydrogen) atoms. The highest BCUT2D eigenvalue weighted by molar-refractivity contribution is 7.91. The fraction of sp³-hybridized carbons (Fsp3) is 0.714. The lowest BCUT2D eigenvalue weighted by Gasteiger charge is -2.23. The van der Waals surface area contributed by atoms with E-state index in [4.69, 9.17) is 0 Å². The third-order valence-corrected chi connectivity index (χ3v) is 6.72. The van der Waals surface area contributed by atoms with E-state index in [-0.39, 0.29) is 6.04 Å². The zero-order valence-electron chi connectivity index (χ0n) is 12.8. The maximum absolute atomic E-state index is 12.3. The Hall–Kier alpha value is -0.470. The van der Waals surface area contributed by atoms with Crippen LogP contribution >= 0.6 is 11.3 Å². The minimum Gasteiger partial charge on any atom is -0.313 e. The molecule has 0 aromatic carbocycles. The predicted octanol–water partition coefficient (Wildman–Crippen LogP) is 1.62. The van der Waals surface area contributed by atoms with Gasteiger partial charge >= 0.3 is 0 Å². The lowest BCUT2D eigenvalue weighted by molar-refractivity contribution is 0.260. The minimum atomic E-state index is -3.38. The summed E-state index contributed by atoms with van der Waals surface area (Å²) >= 11 is 1.29. The number of sulfonamides is 1. The molecule has 120 valence electrons. The van der Waals surface area contributed by atoms with Crippen LogP contribution in [0.2, 0.25) is 0 Å².